The molecule has 9 nitrogen and oxygen atoms in total. The fraction of sp³-hybridized carbons (Fsp3) is 0.571. The fourth-order valence-electron chi connectivity index (χ4n) is 5.52. The summed E-state index contributed by atoms with van der Waals surface area (Å²) in [6.45, 7) is 2.34. The van der Waals surface area contributed by atoms with E-state index < -0.39 is 5.82 Å². The zero-order chi connectivity index (χ0) is 26.1. The van der Waals surface area contributed by atoms with Crippen LogP contribution in [0.25, 0.3) is 16.8 Å². The lowest BCUT2D eigenvalue weighted by molar-refractivity contribution is 0.0699. The van der Waals surface area contributed by atoms with Gasteiger partial charge in [-0.2, -0.15) is 19.6 Å². The van der Waals surface area contributed by atoms with Gasteiger partial charge in [0.15, 0.2) is 5.65 Å². The Hall–Kier alpha value is -3.27. The Bertz CT molecular complexity index is 1300. The Balaban J connectivity index is 1.34. The SMILES string of the molecule is CN(c1nc(NCC2CCOCC2)n2ncc(-c3ccc(C(=O)NC4CC4)c(F)c3)c2n1)C1CCCCC1. The largest absolute Gasteiger partial charge is 0.381 e. The van der Waals surface area contributed by atoms with Gasteiger partial charge in [-0.1, -0.05) is 25.3 Å². The van der Waals surface area contributed by atoms with E-state index in [9.17, 15) is 4.79 Å². The van der Waals surface area contributed by atoms with Crippen LogP contribution in [-0.4, -0.2) is 64.4 Å². The number of nitrogens with one attached hydrogen (secondary N) is 2. The quantitative estimate of drug-likeness (QED) is 0.453. The molecule has 0 spiro atoms. The van der Waals surface area contributed by atoms with Crippen LogP contribution in [0.4, 0.5) is 16.3 Å². The average molecular weight is 522 g/mol. The van der Waals surface area contributed by atoms with Crippen LogP contribution >= 0.6 is 0 Å². The number of ether oxygens (including phenoxy) is 1. The van der Waals surface area contributed by atoms with Gasteiger partial charge in [0, 0.05) is 44.5 Å². The van der Waals surface area contributed by atoms with Crippen molar-refractivity contribution in [2.24, 2.45) is 5.92 Å². The minimum absolute atomic E-state index is 0.0586. The third-order valence-electron chi connectivity index (χ3n) is 8.12. The number of nitrogens with zero attached hydrogens (tertiary/aromatic N) is 5. The summed E-state index contributed by atoms with van der Waals surface area (Å²) >= 11 is 0. The van der Waals surface area contributed by atoms with Crippen LogP contribution < -0.4 is 15.5 Å². The lowest BCUT2D eigenvalue weighted by atomic mass is 9.95. The summed E-state index contributed by atoms with van der Waals surface area (Å²) in [6, 6.07) is 5.28. The van der Waals surface area contributed by atoms with Crippen molar-refractivity contribution < 1.29 is 13.9 Å². The van der Waals surface area contributed by atoms with Crippen molar-refractivity contribution >= 4 is 23.5 Å². The Morgan fingerprint density at radius 3 is 2.63 bits per heavy atom. The van der Waals surface area contributed by atoms with Gasteiger partial charge in [0.2, 0.25) is 11.9 Å². The van der Waals surface area contributed by atoms with E-state index in [2.05, 4.69) is 27.7 Å². The number of rotatable bonds is 8. The number of carbonyl (C=O) groups excluding carboxylic acids is 1. The molecule has 2 N–H and O–H groups in total. The predicted octanol–water partition coefficient (Wildman–Crippen LogP) is 4.43. The summed E-state index contributed by atoms with van der Waals surface area (Å²) in [7, 11) is 2.06. The van der Waals surface area contributed by atoms with Gasteiger partial charge in [0.05, 0.1) is 11.8 Å². The molecule has 1 saturated heterocycles. The second-order valence-corrected chi connectivity index (χ2v) is 10.9. The molecule has 1 aromatic carbocycles. The van der Waals surface area contributed by atoms with Crippen LogP contribution in [0.1, 0.15) is 68.1 Å². The first kappa shape index (κ1) is 25.0. The minimum atomic E-state index is -0.550. The van der Waals surface area contributed by atoms with Crippen molar-refractivity contribution in [2.45, 2.75) is 69.9 Å². The number of fused-ring (bicyclic) bond motifs is 1. The molecule has 38 heavy (non-hydrogen) atoms. The van der Waals surface area contributed by atoms with E-state index in [1.165, 1.54) is 25.3 Å². The Morgan fingerprint density at radius 2 is 1.89 bits per heavy atom. The summed E-state index contributed by atoms with van der Waals surface area (Å²) in [4.78, 5) is 24.4. The third-order valence-corrected chi connectivity index (χ3v) is 8.12. The highest BCUT2D eigenvalue weighted by Crippen LogP contribution is 2.30. The number of amides is 1. The van der Waals surface area contributed by atoms with Crippen LogP contribution in [0.5, 0.6) is 0 Å². The van der Waals surface area contributed by atoms with E-state index >= 15 is 4.39 Å². The molecule has 3 aromatic rings. The molecule has 1 aliphatic heterocycles. The van der Waals surface area contributed by atoms with E-state index in [4.69, 9.17) is 14.7 Å². The molecule has 2 saturated carbocycles. The van der Waals surface area contributed by atoms with Crippen LogP contribution in [0.2, 0.25) is 0 Å². The van der Waals surface area contributed by atoms with Crippen LogP contribution in [-0.2, 0) is 4.74 Å². The molecule has 2 aliphatic carbocycles. The van der Waals surface area contributed by atoms with Gasteiger partial charge >= 0.3 is 0 Å². The first-order chi connectivity index (χ1) is 18.6. The molecule has 6 rings (SSSR count). The molecule has 3 fully saturated rings. The van der Waals surface area contributed by atoms with Gasteiger partial charge < -0.3 is 20.3 Å². The topological polar surface area (TPSA) is 96.7 Å². The summed E-state index contributed by atoms with van der Waals surface area (Å²) in [5.41, 5.74) is 2.00. The van der Waals surface area contributed by atoms with E-state index in [1.807, 2.05) is 0 Å². The van der Waals surface area contributed by atoms with Crippen molar-refractivity contribution in [1.29, 1.82) is 0 Å². The zero-order valence-corrected chi connectivity index (χ0v) is 22.0. The molecule has 0 radical (unpaired) electrons. The maximum Gasteiger partial charge on any atom is 0.254 e. The van der Waals surface area contributed by atoms with Gasteiger partial charge in [-0.15, -0.1) is 0 Å². The molecule has 10 heteroatoms. The maximum atomic E-state index is 15.1. The van der Waals surface area contributed by atoms with Crippen LogP contribution in [0.3, 0.4) is 0 Å². The first-order valence-electron chi connectivity index (χ1n) is 14.0. The van der Waals surface area contributed by atoms with Gasteiger partial charge in [0.1, 0.15) is 5.82 Å². The smallest absolute Gasteiger partial charge is 0.254 e. The number of hydrogen-bond donors (Lipinski definition) is 2. The van der Waals surface area contributed by atoms with Crippen LogP contribution in [0, 0.1) is 11.7 Å². The zero-order valence-electron chi connectivity index (χ0n) is 22.0. The molecular formula is C28H36FN7O2. The second kappa shape index (κ2) is 10.8. The number of carbonyl (C=O) groups is 1. The molecule has 3 heterocycles. The normalized spacial score (nSPS) is 19.0. The molecule has 1 amide bonds. The van der Waals surface area contributed by atoms with Crippen molar-refractivity contribution in [3.63, 3.8) is 0 Å². The lowest BCUT2D eigenvalue weighted by Gasteiger charge is -2.31. The Kier molecular flexibility index (Phi) is 7.14. The number of anilines is 2. The van der Waals surface area contributed by atoms with Gasteiger partial charge in [-0.05, 0) is 62.1 Å². The number of benzene rings is 1. The van der Waals surface area contributed by atoms with Crippen molar-refractivity contribution in [3.8, 4) is 11.1 Å². The molecule has 2 aromatic heterocycles. The second-order valence-electron chi connectivity index (χ2n) is 10.9. The van der Waals surface area contributed by atoms with Crippen molar-refractivity contribution in [1.82, 2.24) is 24.9 Å². The van der Waals surface area contributed by atoms with E-state index in [-0.39, 0.29) is 17.5 Å². The minimum Gasteiger partial charge on any atom is -0.381 e. The highest BCUT2D eigenvalue weighted by Gasteiger charge is 2.26. The van der Waals surface area contributed by atoms with Gasteiger partial charge in [0.25, 0.3) is 5.91 Å². The standard InChI is InChI=1S/C28H36FN7O2/c1-35(21-5-3-2-4-6-21)28-33-25-23(19-7-10-22(24(29)15-19)26(37)32-20-8-9-20)17-31-36(25)27(34-28)30-16-18-11-13-38-14-12-18/h7,10,15,17-18,20-21H,2-6,8-9,11-14,16H2,1H3,(H,32,37)(H,30,33,34). The summed E-state index contributed by atoms with van der Waals surface area (Å²) in [5, 5.41) is 11.0. The molecule has 0 bridgehead atoms. The van der Waals surface area contributed by atoms with Crippen LogP contribution in [0.15, 0.2) is 24.4 Å². The number of hydrogen-bond acceptors (Lipinski definition) is 7. The number of halogens is 1. The molecule has 0 atom stereocenters. The first-order valence-corrected chi connectivity index (χ1v) is 14.0. The third kappa shape index (κ3) is 5.32. The molecule has 0 unspecified atom stereocenters. The number of aromatic nitrogens is 4. The summed E-state index contributed by atoms with van der Waals surface area (Å²) in [6.07, 6.45) is 11.6. The van der Waals surface area contributed by atoms with Gasteiger partial charge in [-0.25, -0.2) is 4.39 Å². The van der Waals surface area contributed by atoms with E-state index in [0.717, 1.165) is 58.3 Å². The maximum absolute atomic E-state index is 15.1. The van der Waals surface area contributed by atoms with Gasteiger partial charge in [-0.3, -0.25) is 4.79 Å². The lowest BCUT2D eigenvalue weighted by Crippen LogP contribution is -2.35. The average Bonchev–Trinajstić information content (AvgIpc) is 3.66. The Labute approximate surface area is 222 Å². The van der Waals surface area contributed by atoms with Crippen molar-refractivity contribution in [2.75, 3.05) is 37.0 Å². The van der Waals surface area contributed by atoms with E-state index in [1.54, 1.807) is 22.8 Å². The molecular weight excluding hydrogens is 485 g/mol. The summed E-state index contributed by atoms with van der Waals surface area (Å²) in [5.74, 6) is 0.862. The molecule has 3 aliphatic rings. The molecule has 202 valence electrons. The highest BCUT2D eigenvalue weighted by molar-refractivity contribution is 5.95. The monoisotopic (exact) mass is 521 g/mol. The fourth-order valence-corrected chi connectivity index (χ4v) is 5.52. The highest BCUT2D eigenvalue weighted by atomic mass is 19.1. The predicted molar refractivity (Wildman–Crippen MR) is 144 cm³/mol. The summed E-state index contributed by atoms with van der Waals surface area (Å²) < 4.78 is 22.3. The van der Waals surface area contributed by atoms with Crippen molar-refractivity contribution in [3.05, 3.63) is 35.8 Å². The Morgan fingerprint density at radius 1 is 1.11 bits per heavy atom. The van der Waals surface area contributed by atoms with E-state index in [0.29, 0.717) is 40.6 Å².